The zero-order valence-electron chi connectivity index (χ0n) is 17.8. The maximum Gasteiger partial charge on any atom is 0.238 e. The summed E-state index contributed by atoms with van der Waals surface area (Å²) in [4.78, 5) is 28.8. The Bertz CT molecular complexity index is 925. The van der Waals surface area contributed by atoms with E-state index in [1.807, 2.05) is 38.1 Å². The lowest BCUT2D eigenvalue weighted by Crippen LogP contribution is -2.36. The highest BCUT2D eigenvalue weighted by molar-refractivity contribution is 9.10. The van der Waals surface area contributed by atoms with Gasteiger partial charge in [-0.15, -0.1) is 0 Å². The Labute approximate surface area is 186 Å². The smallest absolute Gasteiger partial charge is 0.238 e. The van der Waals surface area contributed by atoms with Gasteiger partial charge in [-0.3, -0.25) is 14.5 Å². The second-order valence-electron chi connectivity index (χ2n) is 7.92. The lowest BCUT2D eigenvalue weighted by molar-refractivity contribution is -0.119. The minimum atomic E-state index is -0.151. The summed E-state index contributed by atoms with van der Waals surface area (Å²) in [5.41, 5.74) is 4.81. The molecule has 0 bridgehead atoms. The Morgan fingerprint density at radius 2 is 1.47 bits per heavy atom. The molecule has 0 aliphatic carbocycles. The minimum Gasteiger partial charge on any atom is -0.372 e. The molecular weight excluding hydrogens is 444 g/mol. The molecule has 2 aromatic carbocycles. The SMILES string of the molecule is Cc1cc(Br)ccc1NC(=O)CN(C)CC(=O)Nc1ccc(N2CCCC2)cc1C. The van der Waals surface area contributed by atoms with Gasteiger partial charge in [-0.25, -0.2) is 0 Å². The molecule has 1 aliphatic rings. The quantitative estimate of drug-likeness (QED) is 0.634. The van der Waals surface area contributed by atoms with Crippen molar-refractivity contribution in [1.82, 2.24) is 4.90 Å². The highest BCUT2D eigenvalue weighted by Gasteiger charge is 2.15. The molecule has 3 rings (SSSR count). The van der Waals surface area contributed by atoms with Gasteiger partial charge in [-0.2, -0.15) is 0 Å². The first kappa shape index (κ1) is 22.3. The number of nitrogens with zero attached hydrogens (tertiary/aromatic N) is 2. The summed E-state index contributed by atoms with van der Waals surface area (Å²) in [5.74, 6) is -0.288. The molecule has 2 N–H and O–H groups in total. The molecule has 0 spiro atoms. The van der Waals surface area contributed by atoms with E-state index in [0.717, 1.165) is 40.1 Å². The van der Waals surface area contributed by atoms with Crippen LogP contribution in [-0.2, 0) is 9.59 Å². The Morgan fingerprint density at radius 1 is 0.933 bits per heavy atom. The molecule has 6 nitrogen and oxygen atoms in total. The maximum absolute atomic E-state index is 12.4. The number of hydrogen-bond donors (Lipinski definition) is 2. The van der Waals surface area contributed by atoms with Gasteiger partial charge in [-0.1, -0.05) is 15.9 Å². The highest BCUT2D eigenvalue weighted by atomic mass is 79.9. The number of halogens is 1. The average molecular weight is 473 g/mol. The number of carbonyl (C=O) groups is 2. The van der Waals surface area contributed by atoms with Crippen LogP contribution in [0.1, 0.15) is 24.0 Å². The van der Waals surface area contributed by atoms with E-state index in [1.54, 1.807) is 11.9 Å². The predicted octanol–water partition coefficient (Wildman–Crippen LogP) is 4.18. The standard InChI is InChI=1S/C23H29BrN4O2/c1-16-12-18(24)6-8-20(16)25-22(29)14-27(3)15-23(30)26-21-9-7-19(13-17(21)2)28-10-4-5-11-28/h6-9,12-13H,4-5,10-11,14-15H2,1-3H3,(H,25,29)(H,26,30). The van der Waals surface area contributed by atoms with E-state index >= 15 is 0 Å². The van der Waals surface area contributed by atoms with Crippen molar-refractivity contribution in [3.8, 4) is 0 Å². The van der Waals surface area contributed by atoms with Crippen LogP contribution in [0.5, 0.6) is 0 Å². The van der Waals surface area contributed by atoms with Crippen LogP contribution in [0.4, 0.5) is 17.1 Å². The average Bonchev–Trinajstić information content (AvgIpc) is 3.20. The fraction of sp³-hybridized carbons (Fsp3) is 0.391. The summed E-state index contributed by atoms with van der Waals surface area (Å²) >= 11 is 3.42. The van der Waals surface area contributed by atoms with Crippen molar-refractivity contribution < 1.29 is 9.59 Å². The number of carbonyl (C=O) groups excluding carboxylic acids is 2. The summed E-state index contributed by atoms with van der Waals surface area (Å²) in [7, 11) is 1.76. The molecule has 2 aromatic rings. The van der Waals surface area contributed by atoms with Gasteiger partial charge in [0.1, 0.15) is 0 Å². The number of nitrogens with one attached hydrogen (secondary N) is 2. The molecule has 7 heteroatoms. The number of benzene rings is 2. The fourth-order valence-corrected chi connectivity index (χ4v) is 4.13. The molecular formula is C23H29BrN4O2. The Balaban J connectivity index is 1.49. The molecule has 1 saturated heterocycles. The molecule has 1 heterocycles. The summed E-state index contributed by atoms with van der Waals surface area (Å²) < 4.78 is 0.968. The zero-order chi connectivity index (χ0) is 21.7. The topological polar surface area (TPSA) is 64.7 Å². The lowest BCUT2D eigenvalue weighted by atomic mass is 10.1. The van der Waals surface area contributed by atoms with E-state index in [2.05, 4.69) is 43.6 Å². The van der Waals surface area contributed by atoms with Crippen molar-refractivity contribution in [3.63, 3.8) is 0 Å². The third kappa shape index (κ3) is 6.06. The third-order valence-corrected chi connectivity index (χ3v) is 5.74. The molecule has 2 amide bonds. The molecule has 1 aliphatic heterocycles. The van der Waals surface area contributed by atoms with E-state index in [9.17, 15) is 9.59 Å². The van der Waals surface area contributed by atoms with Crippen molar-refractivity contribution in [2.45, 2.75) is 26.7 Å². The van der Waals surface area contributed by atoms with E-state index in [0.29, 0.717) is 0 Å². The largest absolute Gasteiger partial charge is 0.372 e. The third-order valence-electron chi connectivity index (χ3n) is 5.24. The first-order valence-corrected chi connectivity index (χ1v) is 11.0. The first-order valence-electron chi connectivity index (χ1n) is 10.2. The van der Waals surface area contributed by atoms with Gasteiger partial charge in [-0.05, 0) is 81.3 Å². The first-order chi connectivity index (χ1) is 14.3. The second-order valence-corrected chi connectivity index (χ2v) is 8.84. The number of anilines is 3. The number of amides is 2. The van der Waals surface area contributed by atoms with Gasteiger partial charge >= 0.3 is 0 Å². The Kier molecular flexibility index (Phi) is 7.50. The van der Waals surface area contributed by atoms with E-state index in [1.165, 1.54) is 18.5 Å². The van der Waals surface area contributed by atoms with Crippen molar-refractivity contribution >= 4 is 44.8 Å². The van der Waals surface area contributed by atoms with Crippen molar-refractivity contribution in [1.29, 1.82) is 0 Å². The van der Waals surface area contributed by atoms with E-state index in [-0.39, 0.29) is 24.9 Å². The summed E-state index contributed by atoms with van der Waals surface area (Å²) in [6, 6.07) is 11.8. The molecule has 30 heavy (non-hydrogen) atoms. The lowest BCUT2D eigenvalue weighted by Gasteiger charge is -2.20. The van der Waals surface area contributed by atoms with Crippen LogP contribution in [0.2, 0.25) is 0 Å². The van der Waals surface area contributed by atoms with E-state index in [4.69, 9.17) is 0 Å². The normalized spacial score (nSPS) is 13.6. The van der Waals surface area contributed by atoms with Crippen LogP contribution in [0.15, 0.2) is 40.9 Å². The van der Waals surface area contributed by atoms with E-state index < -0.39 is 0 Å². The van der Waals surface area contributed by atoms with Crippen LogP contribution in [-0.4, -0.2) is 49.9 Å². The van der Waals surface area contributed by atoms with Crippen molar-refractivity contribution in [3.05, 3.63) is 52.0 Å². The Morgan fingerprint density at radius 3 is 2.00 bits per heavy atom. The van der Waals surface area contributed by atoms with Gasteiger partial charge in [0, 0.05) is 34.6 Å². The molecule has 0 radical (unpaired) electrons. The summed E-state index contributed by atoms with van der Waals surface area (Å²) in [6.07, 6.45) is 2.47. The van der Waals surface area contributed by atoms with Crippen LogP contribution in [0, 0.1) is 13.8 Å². The van der Waals surface area contributed by atoms with Crippen molar-refractivity contribution in [2.24, 2.45) is 0 Å². The molecule has 0 saturated carbocycles. The molecule has 0 aromatic heterocycles. The Hall–Kier alpha value is -2.38. The van der Waals surface area contributed by atoms with Gasteiger partial charge in [0.2, 0.25) is 11.8 Å². The number of hydrogen-bond acceptors (Lipinski definition) is 4. The monoisotopic (exact) mass is 472 g/mol. The highest BCUT2D eigenvalue weighted by Crippen LogP contribution is 2.25. The summed E-state index contributed by atoms with van der Waals surface area (Å²) in [5, 5.41) is 5.86. The number of aryl methyl sites for hydroxylation is 2. The van der Waals surface area contributed by atoms with Gasteiger partial charge in [0.25, 0.3) is 0 Å². The van der Waals surface area contributed by atoms with Gasteiger partial charge in [0.15, 0.2) is 0 Å². The predicted molar refractivity (Wildman–Crippen MR) is 126 cm³/mol. The van der Waals surface area contributed by atoms with Crippen LogP contribution >= 0.6 is 15.9 Å². The zero-order valence-corrected chi connectivity index (χ0v) is 19.4. The fourth-order valence-electron chi connectivity index (χ4n) is 3.65. The van der Waals surface area contributed by atoms with Crippen molar-refractivity contribution in [2.75, 3.05) is 48.8 Å². The van der Waals surface area contributed by atoms with Gasteiger partial charge < -0.3 is 15.5 Å². The van der Waals surface area contributed by atoms with Gasteiger partial charge in [0.05, 0.1) is 13.1 Å². The minimum absolute atomic E-state index is 0.135. The molecule has 0 unspecified atom stereocenters. The molecule has 0 atom stereocenters. The second kappa shape index (κ2) is 10.1. The van der Waals surface area contributed by atoms with Crippen LogP contribution in [0.3, 0.4) is 0 Å². The number of rotatable bonds is 7. The summed E-state index contributed by atoms with van der Waals surface area (Å²) in [6.45, 7) is 6.41. The molecule has 1 fully saturated rings. The maximum atomic E-state index is 12.4. The van der Waals surface area contributed by atoms with Crippen LogP contribution < -0.4 is 15.5 Å². The van der Waals surface area contributed by atoms with Crippen LogP contribution in [0.25, 0.3) is 0 Å². The number of likely N-dealkylation sites (N-methyl/N-ethyl adjacent to an activating group) is 1. The molecule has 160 valence electrons.